The van der Waals surface area contributed by atoms with Crippen LogP contribution in [-0.4, -0.2) is 210 Å². The van der Waals surface area contributed by atoms with Crippen molar-refractivity contribution < 1.29 is 89.5 Å². The SMILES string of the molecule is CNCC(=O)N[C@@H]1[C@H](O)[C@H](O[C@H]2/C=C/C=C/C=C/C=C/C=C/C=C/C=C/[C@H](C)[C@@H](O)[C@@H](C)[C@H](C)OC(=O)C[C@H](O)C[C@H](O)CC[C@@H](O)[C@H](O)C[C@H](O)C[C@]3(O)C[C@H](O)[C@@H](C(=O)N(C)CCCO)[C@H](C2)O3)O[C@H](C)[C@H]1O. The molecule has 21 heteroatoms. The smallest absolute Gasteiger partial charge is 0.308 e. The van der Waals surface area contributed by atoms with Crippen LogP contribution in [0.15, 0.2) is 85.1 Å². The minimum absolute atomic E-state index is 0.104. The zero-order chi connectivity index (χ0) is 55.8. The largest absolute Gasteiger partial charge is 0.462 e. The monoisotopic (exact) mass is 1070 g/mol. The van der Waals surface area contributed by atoms with Gasteiger partial charge in [0.2, 0.25) is 11.8 Å². The zero-order valence-electron chi connectivity index (χ0n) is 44.2. The molecule has 13 N–H and O–H groups in total. The molecule has 0 aromatic carbocycles. The van der Waals surface area contributed by atoms with Crippen molar-refractivity contribution in [2.75, 3.05) is 33.8 Å². The summed E-state index contributed by atoms with van der Waals surface area (Å²) in [6.45, 7) is 6.50. The number of aliphatic hydroxyl groups is 11. The van der Waals surface area contributed by atoms with E-state index < -0.39 is 153 Å². The Morgan fingerprint density at radius 3 is 1.92 bits per heavy atom. The second-order valence-corrected chi connectivity index (χ2v) is 20.1. The highest BCUT2D eigenvalue weighted by Gasteiger charge is 2.51. The zero-order valence-corrected chi connectivity index (χ0v) is 44.2. The molecule has 3 heterocycles. The van der Waals surface area contributed by atoms with Crippen LogP contribution >= 0.6 is 0 Å². The summed E-state index contributed by atoms with van der Waals surface area (Å²) in [4.78, 5) is 40.7. The summed E-state index contributed by atoms with van der Waals surface area (Å²) in [5.41, 5.74) is 0. The molecule has 0 aliphatic carbocycles. The number of likely N-dealkylation sites (N-methyl/N-ethyl adjacent to an activating group) is 1. The predicted molar refractivity (Wildman–Crippen MR) is 277 cm³/mol. The minimum atomic E-state index is -2.33. The molecule has 2 bridgehead atoms. The van der Waals surface area contributed by atoms with Crippen LogP contribution in [0.2, 0.25) is 0 Å². The molecule has 0 aromatic heterocycles. The number of cyclic esters (lactones) is 1. The number of amides is 2. The van der Waals surface area contributed by atoms with E-state index in [1.165, 1.54) is 18.9 Å². The van der Waals surface area contributed by atoms with Gasteiger partial charge >= 0.3 is 5.97 Å². The molecule has 75 heavy (non-hydrogen) atoms. The summed E-state index contributed by atoms with van der Waals surface area (Å²) in [6.07, 6.45) is 3.48. The first kappa shape index (κ1) is 65.3. The first-order valence-electron chi connectivity index (χ1n) is 26.0. The van der Waals surface area contributed by atoms with E-state index in [-0.39, 0.29) is 57.7 Å². The van der Waals surface area contributed by atoms with Crippen LogP contribution in [0.4, 0.5) is 0 Å². The molecule has 21 nitrogen and oxygen atoms in total. The summed E-state index contributed by atoms with van der Waals surface area (Å²) < 4.78 is 24.0. The third-order valence-electron chi connectivity index (χ3n) is 13.7. The molecule has 426 valence electrons. The van der Waals surface area contributed by atoms with Crippen molar-refractivity contribution in [3.05, 3.63) is 85.1 Å². The summed E-state index contributed by atoms with van der Waals surface area (Å²) in [6, 6.07) is -1.23. The Balaban J connectivity index is 2.00. The van der Waals surface area contributed by atoms with Gasteiger partial charge in [0.05, 0.1) is 86.0 Å². The van der Waals surface area contributed by atoms with E-state index in [0.29, 0.717) is 0 Å². The minimum Gasteiger partial charge on any atom is -0.462 e. The van der Waals surface area contributed by atoms with Crippen LogP contribution in [0.5, 0.6) is 0 Å². The number of fused-ring (bicyclic) bond motifs is 2. The van der Waals surface area contributed by atoms with Crippen LogP contribution in [-0.2, 0) is 33.3 Å². The Bertz CT molecular complexity index is 1930. The van der Waals surface area contributed by atoms with E-state index in [4.69, 9.17) is 18.9 Å². The van der Waals surface area contributed by atoms with Crippen molar-refractivity contribution in [2.45, 2.75) is 183 Å². The van der Waals surface area contributed by atoms with Crippen molar-refractivity contribution in [1.82, 2.24) is 15.5 Å². The number of esters is 1. The van der Waals surface area contributed by atoms with Gasteiger partial charge in [-0.25, -0.2) is 0 Å². The number of allylic oxidation sites excluding steroid dienone is 12. The fraction of sp³-hybridized carbons (Fsp3) is 0.685. The molecule has 0 radical (unpaired) electrons. The number of nitrogens with zero attached hydrogens (tertiary/aromatic N) is 1. The summed E-state index contributed by atoms with van der Waals surface area (Å²) >= 11 is 0. The summed E-state index contributed by atoms with van der Waals surface area (Å²) in [5, 5.41) is 126. The lowest BCUT2D eigenvalue weighted by atomic mass is 9.81. The Labute approximate surface area is 441 Å². The first-order valence-corrected chi connectivity index (χ1v) is 26.0. The van der Waals surface area contributed by atoms with Gasteiger partial charge in [-0.15, -0.1) is 0 Å². The van der Waals surface area contributed by atoms with E-state index >= 15 is 0 Å². The molecule has 0 aromatic rings. The molecular formula is C54H87N3O18. The molecule has 0 spiro atoms. The molecular weight excluding hydrogens is 979 g/mol. The molecule has 0 unspecified atom stereocenters. The maximum Gasteiger partial charge on any atom is 0.308 e. The third-order valence-corrected chi connectivity index (χ3v) is 13.7. The van der Waals surface area contributed by atoms with Gasteiger partial charge in [-0.2, -0.15) is 0 Å². The van der Waals surface area contributed by atoms with Crippen molar-refractivity contribution in [2.24, 2.45) is 17.8 Å². The van der Waals surface area contributed by atoms with Crippen LogP contribution in [0, 0.1) is 17.8 Å². The maximum atomic E-state index is 14.1. The van der Waals surface area contributed by atoms with E-state index in [1.807, 2.05) is 25.2 Å². The Kier molecular flexibility index (Phi) is 29.0. The lowest BCUT2D eigenvalue weighted by Gasteiger charge is -2.46. The molecule has 0 saturated carbocycles. The third kappa shape index (κ3) is 22.5. The van der Waals surface area contributed by atoms with Crippen LogP contribution in [0.1, 0.15) is 85.5 Å². The van der Waals surface area contributed by atoms with Crippen LogP contribution < -0.4 is 10.6 Å². The Morgan fingerprint density at radius 1 is 0.720 bits per heavy atom. The van der Waals surface area contributed by atoms with E-state index in [9.17, 15) is 70.6 Å². The highest BCUT2D eigenvalue weighted by atomic mass is 16.7. The van der Waals surface area contributed by atoms with Gasteiger partial charge in [-0.1, -0.05) is 98.9 Å². The Morgan fingerprint density at radius 2 is 1.32 bits per heavy atom. The number of carbonyl (C=O) groups is 3. The van der Waals surface area contributed by atoms with E-state index in [2.05, 4.69) is 10.6 Å². The molecule has 2 fully saturated rings. The first-order chi connectivity index (χ1) is 35.5. The van der Waals surface area contributed by atoms with Crippen LogP contribution in [0.25, 0.3) is 0 Å². The lowest BCUT2D eigenvalue weighted by Crippen LogP contribution is -2.64. The Hall–Kier alpha value is -4.01. The highest BCUT2D eigenvalue weighted by Crippen LogP contribution is 2.39. The van der Waals surface area contributed by atoms with Crippen molar-refractivity contribution >= 4 is 17.8 Å². The predicted octanol–water partition coefficient (Wildman–Crippen LogP) is -0.155. The standard InChI is InChI=1S/C54H87N3O18/c1-33-20-17-15-13-11-9-7-8-10-12-14-16-18-21-40(74-53-51(69)48(50(68)36(4)73-53)56-45(65)32-55-5)29-44-47(52(70)57(6)24-19-25-58)43(64)31-54(71,75-44)30-39(61)27-42(63)41(62)23-22-37(59)26-38(60)28-46(66)72-35(3)34(2)49(33)67/h7-18,20-21,33-44,47-51,53,55,58-64,67-69,71H,19,22-32H2,1-6H3,(H,56,65)/b8-7+,11-9+,12-10+,15-13+,16-14+,20-17+,21-18+/t33-,34-,35-,36+,37+,38+,39-,40-,41+,42+,43-,44-,47+,48-,49+,50+,51-,53-,54+/m0/s1. The van der Waals surface area contributed by atoms with Gasteiger partial charge in [-0.05, 0) is 46.6 Å². The van der Waals surface area contributed by atoms with Gasteiger partial charge in [0.25, 0.3) is 0 Å². The second kappa shape index (κ2) is 33.3. The van der Waals surface area contributed by atoms with Gasteiger partial charge in [0, 0.05) is 57.7 Å². The van der Waals surface area contributed by atoms with Gasteiger partial charge in [0.15, 0.2) is 12.1 Å². The van der Waals surface area contributed by atoms with Gasteiger partial charge < -0.3 is 90.7 Å². The number of nitrogens with one attached hydrogen (secondary N) is 2. The second-order valence-electron chi connectivity index (χ2n) is 20.1. The average molecular weight is 1070 g/mol. The number of aliphatic hydroxyl groups excluding tert-OH is 10. The fourth-order valence-electron chi connectivity index (χ4n) is 9.18. The van der Waals surface area contributed by atoms with Crippen LogP contribution in [0.3, 0.4) is 0 Å². The molecule has 3 aliphatic heterocycles. The normalized spacial score (nSPS) is 40.9. The van der Waals surface area contributed by atoms with Crippen molar-refractivity contribution in [3.63, 3.8) is 0 Å². The highest BCUT2D eigenvalue weighted by molar-refractivity contribution is 5.80. The quantitative estimate of drug-likeness (QED) is 0.134. The number of hydrogen-bond donors (Lipinski definition) is 13. The lowest BCUT2D eigenvalue weighted by molar-refractivity contribution is -0.308. The summed E-state index contributed by atoms with van der Waals surface area (Å²) in [7, 11) is 3.03. The van der Waals surface area contributed by atoms with Crippen molar-refractivity contribution in [3.8, 4) is 0 Å². The van der Waals surface area contributed by atoms with E-state index in [1.54, 1.807) is 87.7 Å². The van der Waals surface area contributed by atoms with Gasteiger partial charge in [-0.3, -0.25) is 14.4 Å². The molecule has 2 amide bonds. The van der Waals surface area contributed by atoms with Gasteiger partial charge in [0.1, 0.15) is 18.3 Å². The molecule has 2 saturated heterocycles. The molecule has 19 atom stereocenters. The summed E-state index contributed by atoms with van der Waals surface area (Å²) in [5.74, 6) is -6.29. The number of ether oxygens (including phenoxy) is 4. The topological polar surface area (TPSA) is 338 Å². The maximum absolute atomic E-state index is 14.1. The number of carbonyl (C=O) groups excluding carboxylic acids is 3. The van der Waals surface area contributed by atoms with E-state index in [0.717, 1.165) is 0 Å². The fourth-order valence-corrected chi connectivity index (χ4v) is 9.18. The number of hydrogen-bond acceptors (Lipinski definition) is 19. The molecule has 3 aliphatic rings. The average Bonchev–Trinajstić information content (AvgIpc) is 3.33. The molecule has 3 rings (SSSR count). The number of rotatable bonds is 9. The van der Waals surface area contributed by atoms with Crippen molar-refractivity contribution in [1.29, 1.82) is 0 Å².